The Morgan fingerprint density at radius 2 is 2.19 bits per heavy atom. The second kappa shape index (κ2) is 7.05. The van der Waals surface area contributed by atoms with Crippen LogP contribution in [0.1, 0.15) is 10.4 Å². The molecule has 1 aromatic carbocycles. The molecular formula is C14H18N2O5. The number of para-hydroxylation sites is 1. The number of hydrogen-bond acceptors (Lipinski definition) is 5. The molecule has 0 spiro atoms. The zero-order valence-corrected chi connectivity index (χ0v) is 11.5. The van der Waals surface area contributed by atoms with Crippen LogP contribution in [0.25, 0.3) is 0 Å². The van der Waals surface area contributed by atoms with Gasteiger partial charge in [-0.25, -0.2) is 0 Å². The number of carbonyl (C=O) groups excluding carboxylic acids is 2. The first-order valence-corrected chi connectivity index (χ1v) is 6.63. The first-order chi connectivity index (χ1) is 10.1. The van der Waals surface area contributed by atoms with Crippen LogP contribution in [0.4, 0.5) is 0 Å². The summed E-state index contributed by atoms with van der Waals surface area (Å²) in [4.78, 5) is 24.9. The van der Waals surface area contributed by atoms with Gasteiger partial charge in [-0.15, -0.1) is 0 Å². The van der Waals surface area contributed by atoms with Crippen LogP contribution >= 0.6 is 0 Å². The second-order valence-electron chi connectivity index (χ2n) is 4.65. The molecule has 2 amide bonds. The van der Waals surface area contributed by atoms with Gasteiger partial charge < -0.3 is 25.2 Å². The third-order valence-electron chi connectivity index (χ3n) is 3.26. The van der Waals surface area contributed by atoms with E-state index >= 15 is 0 Å². The molecule has 1 atom stereocenters. The molecule has 1 aliphatic heterocycles. The minimum atomic E-state index is -0.613. The summed E-state index contributed by atoms with van der Waals surface area (Å²) >= 11 is 0. The van der Waals surface area contributed by atoms with Gasteiger partial charge in [0.2, 0.25) is 0 Å². The first kappa shape index (κ1) is 15.3. The van der Waals surface area contributed by atoms with E-state index in [0.29, 0.717) is 19.8 Å². The van der Waals surface area contributed by atoms with Crippen molar-refractivity contribution in [1.82, 2.24) is 4.90 Å². The Morgan fingerprint density at radius 1 is 1.43 bits per heavy atom. The molecule has 1 unspecified atom stereocenters. The fourth-order valence-electron chi connectivity index (χ4n) is 2.15. The van der Waals surface area contributed by atoms with E-state index in [0.717, 1.165) is 0 Å². The van der Waals surface area contributed by atoms with Gasteiger partial charge in [-0.1, -0.05) is 12.1 Å². The minimum Gasteiger partial charge on any atom is -0.483 e. The Morgan fingerprint density at radius 3 is 2.90 bits per heavy atom. The van der Waals surface area contributed by atoms with Crippen LogP contribution < -0.4 is 10.5 Å². The number of ether oxygens (including phenoxy) is 2. The molecular weight excluding hydrogens is 276 g/mol. The van der Waals surface area contributed by atoms with Gasteiger partial charge in [0.05, 0.1) is 31.4 Å². The number of hydrogen-bond donors (Lipinski definition) is 2. The van der Waals surface area contributed by atoms with Crippen molar-refractivity contribution >= 4 is 11.8 Å². The van der Waals surface area contributed by atoms with Gasteiger partial charge in [-0.05, 0) is 12.1 Å². The SMILES string of the molecule is NC(=O)c1ccccc1OCC(=O)N1CCOCC1CO. The monoisotopic (exact) mass is 294 g/mol. The van der Waals surface area contributed by atoms with Crippen molar-refractivity contribution in [2.75, 3.05) is 33.0 Å². The maximum absolute atomic E-state index is 12.1. The fraction of sp³-hybridized carbons (Fsp3) is 0.429. The molecule has 7 nitrogen and oxygen atoms in total. The lowest BCUT2D eigenvalue weighted by atomic mass is 10.2. The van der Waals surface area contributed by atoms with E-state index in [1.165, 1.54) is 11.0 Å². The Labute approximate surface area is 122 Å². The largest absolute Gasteiger partial charge is 0.483 e. The zero-order chi connectivity index (χ0) is 15.2. The normalized spacial score (nSPS) is 18.3. The predicted octanol–water partition coefficient (Wildman–Crippen LogP) is -0.616. The predicted molar refractivity (Wildman–Crippen MR) is 73.9 cm³/mol. The van der Waals surface area contributed by atoms with Gasteiger partial charge in [-0.3, -0.25) is 9.59 Å². The maximum atomic E-state index is 12.1. The van der Waals surface area contributed by atoms with Gasteiger partial charge in [0.15, 0.2) is 6.61 Å². The number of rotatable bonds is 5. The molecule has 114 valence electrons. The number of aliphatic hydroxyl groups excluding tert-OH is 1. The molecule has 0 aromatic heterocycles. The third-order valence-corrected chi connectivity index (χ3v) is 3.26. The summed E-state index contributed by atoms with van der Waals surface area (Å²) in [6.07, 6.45) is 0. The summed E-state index contributed by atoms with van der Waals surface area (Å²) in [5, 5.41) is 9.24. The highest BCUT2D eigenvalue weighted by Crippen LogP contribution is 2.17. The summed E-state index contributed by atoms with van der Waals surface area (Å²) < 4.78 is 10.6. The van der Waals surface area contributed by atoms with Crippen LogP contribution in [0.3, 0.4) is 0 Å². The first-order valence-electron chi connectivity index (χ1n) is 6.63. The summed E-state index contributed by atoms with van der Waals surface area (Å²) in [5.74, 6) is -0.610. The van der Waals surface area contributed by atoms with E-state index < -0.39 is 5.91 Å². The smallest absolute Gasteiger partial charge is 0.260 e. The van der Waals surface area contributed by atoms with Gasteiger partial charge >= 0.3 is 0 Å². The highest BCUT2D eigenvalue weighted by molar-refractivity contribution is 5.95. The minimum absolute atomic E-state index is 0.163. The number of nitrogens with two attached hydrogens (primary N) is 1. The van der Waals surface area contributed by atoms with Gasteiger partial charge in [0.25, 0.3) is 11.8 Å². The highest BCUT2D eigenvalue weighted by atomic mass is 16.5. The van der Waals surface area contributed by atoms with Crippen LogP contribution in [0.5, 0.6) is 5.75 Å². The number of primary amides is 1. The van der Waals surface area contributed by atoms with Crippen molar-refractivity contribution in [2.45, 2.75) is 6.04 Å². The zero-order valence-electron chi connectivity index (χ0n) is 11.5. The quantitative estimate of drug-likeness (QED) is 0.754. The molecule has 0 radical (unpaired) electrons. The van der Waals surface area contributed by atoms with E-state index in [4.69, 9.17) is 15.2 Å². The Balaban J connectivity index is 1.99. The molecule has 1 saturated heterocycles. The number of morpholine rings is 1. The third kappa shape index (κ3) is 3.71. The Hall–Kier alpha value is -2.12. The van der Waals surface area contributed by atoms with Crippen LogP contribution in [-0.4, -0.2) is 60.8 Å². The lowest BCUT2D eigenvalue weighted by Crippen LogP contribution is -2.51. The van der Waals surface area contributed by atoms with Crippen molar-refractivity contribution in [3.05, 3.63) is 29.8 Å². The van der Waals surface area contributed by atoms with Crippen LogP contribution in [-0.2, 0) is 9.53 Å². The van der Waals surface area contributed by atoms with E-state index in [-0.39, 0.29) is 36.5 Å². The molecule has 2 rings (SSSR count). The molecule has 0 saturated carbocycles. The lowest BCUT2D eigenvalue weighted by molar-refractivity contribution is -0.143. The Bertz CT molecular complexity index is 520. The summed E-state index contributed by atoms with van der Waals surface area (Å²) in [6.45, 7) is 0.759. The van der Waals surface area contributed by atoms with Crippen molar-refractivity contribution in [2.24, 2.45) is 5.73 Å². The van der Waals surface area contributed by atoms with Gasteiger partial charge in [0, 0.05) is 6.54 Å². The van der Waals surface area contributed by atoms with Crippen LogP contribution in [0.2, 0.25) is 0 Å². The standard InChI is InChI=1S/C14H18N2O5/c15-14(19)11-3-1-2-4-12(11)21-9-13(18)16-5-6-20-8-10(16)7-17/h1-4,10,17H,5-9H2,(H2,15,19). The number of amides is 2. The average molecular weight is 294 g/mol. The van der Waals surface area contributed by atoms with E-state index in [1.54, 1.807) is 18.2 Å². The van der Waals surface area contributed by atoms with Crippen LogP contribution in [0.15, 0.2) is 24.3 Å². The molecule has 21 heavy (non-hydrogen) atoms. The summed E-state index contributed by atoms with van der Waals surface area (Å²) in [7, 11) is 0. The number of aliphatic hydroxyl groups is 1. The molecule has 7 heteroatoms. The topological polar surface area (TPSA) is 102 Å². The average Bonchev–Trinajstić information content (AvgIpc) is 2.52. The van der Waals surface area contributed by atoms with Gasteiger partial charge in [0.1, 0.15) is 5.75 Å². The number of benzene rings is 1. The molecule has 1 aliphatic rings. The second-order valence-corrected chi connectivity index (χ2v) is 4.65. The molecule has 0 bridgehead atoms. The molecule has 0 aliphatic carbocycles. The maximum Gasteiger partial charge on any atom is 0.260 e. The van der Waals surface area contributed by atoms with E-state index in [2.05, 4.69) is 0 Å². The highest BCUT2D eigenvalue weighted by Gasteiger charge is 2.27. The lowest BCUT2D eigenvalue weighted by Gasteiger charge is -2.34. The number of nitrogens with zero attached hydrogens (tertiary/aromatic N) is 1. The van der Waals surface area contributed by atoms with Crippen molar-refractivity contribution < 1.29 is 24.2 Å². The van der Waals surface area contributed by atoms with Gasteiger partial charge in [-0.2, -0.15) is 0 Å². The van der Waals surface area contributed by atoms with Crippen molar-refractivity contribution in [3.63, 3.8) is 0 Å². The van der Waals surface area contributed by atoms with E-state index in [9.17, 15) is 14.7 Å². The fourth-order valence-corrected chi connectivity index (χ4v) is 2.15. The molecule has 1 aromatic rings. The van der Waals surface area contributed by atoms with Crippen LogP contribution in [0, 0.1) is 0 Å². The van der Waals surface area contributed by atoms with Crippen molar-refractivity contribution in [3.8, 4) is 5.75 Å². The summed E-state index contributed by atoms with van der Waals surface area (Å²) in [6, 6.07) is 6.11. The molecule has 3 N–H and O–H groups in total. The molecule has 1 fully saturated rings. The molecule has 1 heterocycles. The summed E-state index contributed by atoms with van der Waals surface area (Å²) in [5.41, 5.74) is 5.47. The Kier molecular flexibility index (Phi) is 5.13. The van der Waals surface area contributed by atoms with Crippen molar-refractivity contribution in [1.29, 1.82) is 0 Å². The van der Waals surface area contributed by atoms with E-state index in [1.807, 2.05) is 0 Å². The number of carbonyl (C=O) groups is 2.